The van der Waals surface area contributed by atoms with E-state index in [1.54, 1.807) is 0 Å². The van der Waals surface area contributed by atoms with Crippen molar-refractivity contribution in [3.05, 3.63) is 30.0 Å². The Morgan fingerprint density at radius 1 is 1.12 bits per heavy atom. The maximum absolute atomic E-state index is 12.2. The van der Waals surface area contributed by atoms with Crippen LogP contribution in [0.25, 0.3) is 10.8 Å². The summed E-state index contributed by atoms with van der Waals surface area (Å²) in [6.45, 7) is 3.79. The second kappa shape index (κ2) is 6.38. The minimum Gasteiger partial charge on any atom is -0.353 e. The normalized spacial score (nSPS) is 21.5. The predicted octanol–water partition coefficient (Wildman–Crippen LogP) is 2.82. The highest BCUT2D eigenvalue weighted by atomic mass is 16.2. The average Bonchev–Trinajstić information content (AvgIpc) is 2.54. The molecule has 1 atom stereocenters. The van der Waals surface area contributed by atoms with Gasteiger partial charge >= 0.3 is 0 Å². The molecule has 1 unspecified atom stereocenters. The number of fused-ring (bicyclic) bond motifs is 1. The number of amides is 1. The van der Waals surface area contributed by atoms with Crippen molar-refractivity contribution in [2.75, 3.05) is 18.0 Å². The second-order valence-corrected chi connectivity index (χ2v) is 7.08. The average molecular weight is 324 g/mol. The fourth-order valence-electron chi connectivity index (χ4n) is 3.73. The number of benzene rings is 1. The number of carbonyl (C=O) groups is 1. The van der Waals surface area contributed by atoms with E-state index < -0.39 is 0 Å². The Morgan fingerprint density at radius 3 is 2.67 bits per heavy atom. The summed E-state index contributed by atoms with van der Waals surface area (Å²) in [6.07, 6.45) is 5.41. The minimum absolute atomic E-state index is 0.216. The molecular weight excluding hydrogens is 300 g/mol. The SMILES string of the molecule is Cc1nnc(N2CCCC(NC(=O)C3CCC3)C2)c2ccccc12. The Kier molecular flexibility index (Phi) is 4.08. The van der Waals surface area contributed by atoms with Gasteiger partial charge in [0.2, 0.25) is 5.91 Å². The summed E-state index contributed by atoms with van der Waals surface area (Å²) in [4.78, 5) is 14.5. The molecule has 2 aliphatic rings. The van der Waals surface area contributed by atoms with Gasteiger partial charge in [0.25, 0.3) is 0 Å². The molecule has 0 bridgehead atoms. The van der Waals surface area contributed by atoms with E-state index in [-0.39, 0.29) is 17.9 Å². The Morgan fingerprint density at radius 2 is 1.92 bits per heavy atom. The molecule has 0 spiro atoms. The lowest BCUT2D eigenvalue weighted by Crippen LogP contribution is -2.50. The summed E-state index contributed by atoms with van der Waals surface area (Å²) in [5.41, 5.74) is 0.959. The van der Waals surface area contributed by atoms with Crippen molar-refractivity contribution in [3.63, 3.8) is 0 Å². The van der Waals surface area contributed by atoms with Crippen LogP contribution in [-0.2, 0) is 4.79 Å². The van der Waals surface area contributed by atoms with Gasteiger partial charge in [-0.3, -0.25) is 4.79 Å². The second-order valence-electron chi connectivity index (χ2n) is 7.08. The molecule has 126 valence electrons. The van der Waals surface area contributed by atoms with E-state index in [1.165, 1.54) is 6.42 Å². The van der Waals surface area contributed by atoms with Gasteiger partial charge in [0.15, 0.2) is 5.82 Å². The van der Waals surface area contributed by atoms with Crippen LogP contribution in [0.1, 0.15) is 37.8 Å². The van der Waals surface area contributed by atoms with Crippen molar-refractivity contribution < 1.29 is 4.79 Å². The number of aromatic nitrogens is 2. The van der Waals surface area contributed by atoms with Crippen LogP contribution in [0, 0.1) is 12.8 Å². The predicted molar refractivity (Wildman–Crippen MR) is 95.0 cm³/mol. The minimum atomic E-state index is 0.216. The lowest BCUT2D eigenvalue weighted by Gasteiger charge is -2.35. The summed E-state index contributed by atoms with van der Waals surface area (Å²) in [7, 11) is 0. The summed E-state index contributed by atoms with van der Waals surface area (Å²) >= 11 is 0. The molecule has 1 aliphatic heterocycles. The molecule has 5 nitrogen and oxygen atoms in total. The van der Waals surface area contributed by atoms with Crippen LogP contribution < -0.4 is 10.2 Å². The highest BCUT2D eigenvalue weighted by molar-refractivity contribution is 5.93. The lowest BCUT2D eigenvalue weighted by molar-refractivity contribution is -0.128. The van der Waals surface area contributed by atoms with Crippen LogP contribution in [0.4, 0.5) is 5.82 Å². The van der Waals surface area contributed by atoms with Gasteiger partial charge in [-0.15, -0.1) is 5.10 Å². The van der Waals surface area contributed by atoms with Crippen molar-refractivity contribution >= 4 is 22.5 Å². The van der Waals surface area contributed by atoms with Crippen LogP contribution in [-0.4, -0.2) is 35.2 Å². The third-order valence-electron chi connectivity index (χ3n) is 5.40. The fraction of sp³-hybridized carbons (Fsp3) is 0.526. The van der Waals surface area contributed by atoms with Gasteiger partial charge in [-0.25, -0.2) is 0 Å². The standard InChI is InChI=1S/C19H24N4O/c1-13-16-9-2-3-10-17(16)18(22-21-13)23-11-5-8-15(12-23)20-19(24)14-6-4-7-14/h2-3,9-10,14-15H,4-8,11-12H2,1H3,(H,20,24). The number of carbonyl (C=O) groups excluding carboxylic acids is 1. The first-order valence-electron chi connectivity index (χ1n) is 9.00. The molecule has 4 rings (SSSR count). The highest BCUT2D eigenvalue weighted by Crippen LogP contribution is 2.29. The van der Waals surface area contributed by atoms with Gasteiger partial charge in [-0.1, -0.05) is 30.7 Å². The van der Waals surface area contributed by atoms with Gasteiger partial charge in [0.1, 0.15) is 0 Å². The van der Waals surface area contributed by atoms with Crippen LogP contribution in [0.3, 0.4) is 0 Å². The van der Waals surface area contributed by atoms with E-state index in [0.29, 0.717) is 0 Å². The number of hydrogen-bond donors (Lipinski definition) is 1. The van der Waals surface area contributed by atoms with E-state index in [0.717, 1.165) is 61.1 Å². The van der Waals surface area contributed by atoms with E-state index in [9.17, 15) is 4.79 Å². The Balaban J connectivity index is 1.54. The summed E-state index contributed by atoms with van der Waals surface area (Å²) < 4.78 is 0. The number of piperidine rings is 1. The monoisotopic (exact) mass is 324 g/mol. The molecular formula is C19H24N4O. The van der Waals surface area contributed by atoms with Gasteiger partial charge < -0.3 is 10.2 Å². The van der Waals surface area contributed by atoms with Gasteiger partial charge in [0, 0.05) is 35.8 Å². The summed E-state index contributed by atoms with van der Waals surface area (Å²) in [5, 5.41) is 14.4. The maximum atomic E-state index is 12.2. The van der Waals surface area contributed by atoms with Crippen molar-refractivity contribution in [1.29, 1.82) is 0 Å². The van der Waals surface area contributed by atoms with E-state index in [1.807, 2.05) is 19.1 Å². The van der Waals surface area contributed by atoms with Crippen LogP contribution in [0.15, 0.2) is 24.3 Å². The number of aryl methyl sites for hydroxylation is 1. The van der Waals surface area contributed by atoms with E-state index >= 15 is 0 Å². The number of nitrogens with one attached hydrogen (secondary N) is 1. The van der Waals surface area contributed by atoms with Crippen LogP contribution in [0.5, 0.6) is 0 Å². The molecule has 1 aliphatic carbocycles. The zero-order chi connectivity index (χ0) is 16.5. The molecule has 1 aromatic carbocycles. The third kappa shape index (κ3) is 2.83. The van der Waals surface area contributed by atoms with Crippen molar-refractivity contribution in [3.8, 4) is 0 Å². The molecule has 1 saturated carbocycles. The number of nitrogens with zero attached hydrogens (tertiary/aromatic N) is 3. The lowest BCUT2D eigenvalue weighted by atomic mass is 9.84. The molecule has 5 heteroatoms. The molecule has 1 amide bonds. The largest absolute Gasteiger partial charge is 0.353 e. The maximum Gasteiger partial charge on any atom is 0.223 e. The zero-order valence-electron chi connectivity index (χ0n) is 14.2. The van der Waals surface area contributed by atoms with Crippen molar-refractivity contribution in [2.45, 2.75) is 45.1 Å². The first-order valence-corrected chi connectivity index (χ1v) is 9.00. The molecule has 2 heterocycles. The van der Waals surface area contributed by atoms with Crippen LogP contribution >= 0.6 is 0 Å². The zero-order valence-corrected chi connectivity index (χ0v) is 14.2. The molecule has 24 heavy (non-hydrogen) atoms. The van der Waals surface area contributed by atoms with Gasteiger partial charge in [-0.05, 0) is 32.6 Å². The molecule has 1 saturated heterocycles. The first-order chi connectivity index (χ1) is 11.7. The van der Waals surface area contributed by atoms with E-state index in [4.69, 9.17) is 0 Å². The molecule has 0 radical (unpaired) electrons. The number of hydrogen-bond acceptors (Lipinski definition) is 4. The molecule has 1 N–H and O–H groups in total. The Hall–Kier alpha value is -2.17. The Labute approximate surface area is 142 Å². The Bertz CT molecular complexity index is 756. The summed E-state index contributed by atoms with van der Waals surface area (Å²) in [5.74, 6) is 1.44. The number of anilines is 1. The fourth-order valence-corrected chi connectivity index (χ4v) is 3.73. The van der Waals surface area contributed by atoms with Gasteiger partial charge in [0.05, 0.1) is 5.69 Å². The van der Waals surface area contributed by atoms with Gasteiger partial charge in [-0.2, -0.15) is 5.10 Å². The van der Waals surface area contributed by atoms with Crippen LogP contribution in [0.2, 0.25) is 0 Å². The van der Waals surface area contributed by atoms with E-state index in [2.05, 4.69) is 32.5 Å². The van der Waals surface area contributed by atoms with Crippen molar-refractivity contribution in [1.82, 2.24) is 15.5 Å². The molecule has 2 aromatic rings. The topological polar surface area (TPSA) is 58.1 Å². The number of rotatable bonds is 3. The smallest absolute Gasteiger partial charge is 0.223 e. The first kappa shape index (κ1) is 15.4. The highest BCUT2D eigenvalue weighted by Gasteiger charge is 2.29. The molecule has 2 fully saturated rings. The quantitative estimate of drug-likeness (QED) is 0.943. The summed E-state index contributed by atoms with van der Waals surface area (Å²) in [6, 6.07) is 8.52. The third-order valence-corrected chi connectivity index (χ3v) is 5.40. The molecule has 1 aromatic heterocycles. The van der Waals surface area contributed by atoms with Crippen molar-refractivity contribution in [2.24, 2.45) is 5.92 Å².